The number of nitrogens with zero attached hydrogens (tertiary/aromatic N) is 1. The minimum Gasteiger partial charge on any atom is -0.481 e. The molecule has 4 nitrogen and oxygen atoms in total. The van der Waals surface area contributed by atoms with E-state index in [4.69, 9.17) is 4.74 Å². The van der Waals surface area contributed by atoms with Crippen molar-refractivity contribution in [3.05, 3.63) is 29.8 Å². The van der Waals surface area contributed by atoms with Gasteiger partial charge >= 0.3 is 0 Å². The molecule has 0 saturated carbocycles. The predicted octanol–water partition coefficient (Wildman–Crippen LogP) is 1.97. The molecular weight excluding hydrogens is 302 g/mol. The van der Waals surface area contributed by atoms with Crippen molar-refractivity contribution < 1.29 is 18.3 Å². The van der Waals surface area contributed by atoms with E-state index in [0.29, 0.717) is 6.54 Å². The van der Waals surface area contributed by atoms with Gasteiger partial charge in [-0.1, -0.05) is 0 Å². The number of nitrogens with one attached hydrogen (secondary N) is 1. The summed E-state index contributed by atoms with van der Waals surface area (Å²) in [5, 5.41) is 3.20. The molecule has 7 heteroatoms. The van der Waals surface area contributed by atoms with Crippen LogP contribution in [0.4, 0.5) is 8.78 Å². The SMILES string of the molecule is CC(Oc1ccc(F)c(F)c1)C(=O)N1CCNCC1C.Cl. The maximum atomic E-state index is 13.1. The number of carbonyl (C=O) groups is 1. The van der Waals surface area contributed by atoms with Crippen LogP contribution in [0.5, 0.6) is 5.75 Å². The van der Waals surface area contributed by atoms with Crippen LogP contribution in [0.1, 0.15) is 13.8 Å². The molecule has 0 bridgehead atoms. The molecule has 0 aliphatic carbocycles. The minimum absolute atomic E-state index is 0. The molecule has 2 rings (SSSR count). The van der Waals surface area contributed by atoms with Gasteiger partial charge in [-0.2, -0.15) is 0 Å². The Morgan fingerprint density at radius 3 is 2.76 bits per heavy atom. The van der Waals surface area contributed by atoms with Gasteiger partial charge in [-0.05, 0) is 26.0 Å². The molecule has 1 aromatic carbocycles. The third kappa shape index (κ3) is 4.28. The average Bonchev–Trinajstić information content (AvgIpc) is 2.42. The Morgan fingerprint density at radius 2 is 2.14 bits per heavy atom. The quantitative estimate of drug-likeness (QED) is 0.926. The van der Waals surface area contributed by atoms with Crippen molar-refractivity contribution in [1.29, 1.82) is 0 Å². The summed E-state index contributed by atoms with van der Waals surface area (Å²) in [7, 11) is 0. The van der Waals surface area contributed by atoms with E-state index in [1.165, 1.54) is 6.07 Å². The molecule has 1 amide bonds. The smallest absolute Gasteiger partial charge is 0.263 e. The summed E-state index contributed by atoms with van der Waals surface area (Å²) in [5.41, 5.74) is 0. The van der Waals surface area contributed by atoms with Crippen molar-refractivity contribution in [2.45, 2.75) is 26.0 Å². The number of amides is 1. The van der Waals surface area contributed by atoms with E-state index in [1.54, 1.807) is 11.8 Å². The number of ether oxygens (including phenoxy) is 1. The van der Waals surface area contributed by atoms with Crippen LogP contribution in [0.25, 0.3) is 0 Å². The maximum absolute atomic E-state index is 13.1. The van der Waals surface area contributed by atoms with E-state index < -0.39 is 17.7 Å². The molecule has 0 aromatic heterocycles. The van der Waals surface area contributed by atoms with Crippen LogP contribution in [-0.4, -0.2) is 42.6 Å². The average molecular weight is 321 g/mol. The highest BCUT2D eigenvalue weighted by Crippen LogP contribution is 2.18. The fourth-order valence-corrected chi connectivity index (χ4v) is 2.21. The van der Waals surface area contributed by atoms with Crippen molar-refractivity contribution >= 4 is 18.3 Å². The number of carbonyl (C=O) groups excluding carboxylic acids is 1. The lowest BCUT2D eigenvalue weighted by molar-refractivity contribution is -0.140. The molecule has 2 unspecified atom stereocenters. The largest absolute Gasteiger partial charge is 0.481 e. The summed E-state index contributed by atoms with van der Waals surface area (Å²) in [5.74, 6) is -1.93. The first-order valence-corrected chi connectivity index (χ1v) is 6.62. The molecule has 1 fully saturated rings. The Hall–Kier alpha value is -1.40. The fourth-order valence-electron chi connectivity index (χ4n) is 2.21. The van der Waals surface area contributed by atoms with Crippen molar-refractivity contribution in [3.8, 4) is 5.75 Å². The fraction of sp³-hybridized carbons (Fsp3) is 0.500. The van der Waals surface area contributed by atoms with Crippen molar-refractivity contribution in [1.82, 2.24) is 10.2 Å². The first-order chi connectivity index (χ1) is 9.49. The van der Waals surface area contributed by atoms with Gasteiger partial charge in [0.1, 0.15) is 5.75 Å². The van der Waals surface area contributed by atoms with Gasteiger partial charge < -0.3 is 15.0 Å². The van der Waals surface area contributed by atoms with Crippen LogP contribution >= 0.6 is 12.4 Å². The van der Waals surface area contributed by atoms with E-state index in [1.807, 2.05) is 6.92 Å². The molecule has 2 atom stereocenters. The zero-order valence-corrected chi connectivity index (χ0v) is 12.8. The molecule has 21 heavy (non-hydrogen) atoms. The number of hydrogen-bond donors (Lipinski definition) is 1. The van der Waals surface area contributed by atoms with Crippen LogP contribution in [-0.2, 0) is 4.79 Å². The van der Waals surface area contributed by atoms with Crippen molar-refractivity contribution in [2.24, 2.45) is 0 Å². The molecule has 1 saturated heterocycles. The molecule has 1 heterocycles. The molecule has 1 aliphatic rings. The highest BCUT2D eigenvalue weighted by Gasteiger charge is 2.28. The second-order valence-electron chi connectivity index (χ2n) is 4.92. The third-order valence-corrected chi connectivity index (χ3v) is 3.34. The maximum Gasteiger partial charge on any atom is 0.263 e. The summed E-state index contributed by atoms with van der Waals surface area (Å²) in [6.07, 6.45) is -0.736. The zero-order chi connectivity index (χ0) is 14.7. The van der Waals surface area contributed by atoms with E-state index in [2.05, 4.69) is 5.32 Å². The topological polar surface area (TPSA) is 41.6 Å². The minimum atomic E-state index is -0.988. The van der Waals surface area contributed by atoms with Crippen LogP contribution < -0.4 is 10.1 Å². The van der Waals surface area contributed by atoms with Crippen LogP contribution in [0.3, 0.4) is 0 Å². The normalized spacial score (nSPS) is 19.6. The van der Waals surface area contributed by atoms with Gasteiger partial charge in [-0.15, -0.1) is 12.4 Å². The molecule has 0 radical (unpaired) electrons. The number of halogens is 3. The third-order valence-electron chi connectivity index (χ3n) is 3.34. The van der Waals surface area contributed by atoms with E-state index >= 15 is 0 Å². The lowest BCUT2D eigenvalue weighted by atomic mass is 10.2. The standard InChI is InChI=1S/C14H18F2N2O2.ClH/c1-9-8-17-5-6-18(9)14(19)10(2)20-11-3-4-12(15)13(16)7-11;/h3-4,7,9-10,17H,5-6,8H2,1-2H3;1H. The van der Waals surface area contributed by atoms with E-state index in [-0.39, 0.29) is 30.1 Å². The lowest BCUT2D eigenvalue weighted by Crippen LogP contribution is -2.55. The first kappa shape index (κ1) is 17.7. The van der Waals surface area contributed by atoms with Gasteiger partial charge in [0.2, 0.25) is 0 Å². The predicted molar refractivity (Wildman–Crippen MR) is 77.7 cm³/mol. The molecule has 1 N–H and O–H groups in total. The van der Waals surface area contributed by atoms with Gasteiger partial charge in [-0.25, -0.2) is 8.78 Å². The van der Waals surface area contributed by atoms with Gasteiger partial charge in [0, 0.05) is 31.7 Å². The second kappa shape index (κ2) is 7.56. The van der Waals surface area contributed by atoms with E-state index in [9.17, 15) is 13.6 Å². The number of benzene rings is 1. The Bertz CT molecular complexity index is 502. The second-order valence-corrected chi connectivity index (χ2v) is 4.92. The number of piperazine rings is 1. The van der Waals surface area contributed by atoms with Gasteiger partial charge in [0.05, 0.1) is 0 Å². The van der Waals surface area contributed by atoms with E-state index in [0.717, 1.165) is 25.2 Å². The number of rotatable bonds is 3. The Labute approximate surface area is 128 Å². The zero-order valence-electron chi connectivity index (χ0n) is 11.9. The molecule has 118 valence electrons. The highest BCUT2D eigenvalue weighted by atomic mass is 35.5. The lowest BCUT2D eigenvalue weighted by Gasteiger charge is -2.35. The Morgan fingerprint density at radius 1 is 1.43 bits per heavy atom. The van der Waals surface area contributed by atoms with Crippen molar-refractivity contribution in [2.75, 3.05) is 19.6 Å². The molecule has 1 aromatic rings. The van der Waals surface area contributed by atoms with Gasteiger partial charge in [0.15, 0.2) is 17.7 Å². The van der Waals surface area contributed by atoms with Crippen LogP contribution in [0.15, 0.2) is 18.2 Å². The Balaban J connectivity index is 0.00000220. The molecule has 1 aliphatic heterocycles. The van der Waals surface area contributed by atoms with Gasteiger partial charge in [0.25, 0.3) is 5.91 Å². The van der Waals surface area contributed by atoms with Crippen LogP contribution in [0.2, 0.25) is 0 Å². The summed E-state index contributed by atoms with van der Waals surface area (Å²) in [4.78, 5) is 14.0. The Kier molecular flexibility index (Phi) is 6.36. The van der Waals surface area contributed by atoms with Crippen molar-refractivity contribution in [3.63, 3.8) is 0 Å². The molecular formula is C14H19ClF2N2O2. The summed E-state index contributed by atoms with van der Waals surface area (Å²) < 4.78 is 31.3. The number of hydrogen-bond acceptors (Lipinski definition) is 3. The van der Waals surface area contributed by atoms with Gasteiger partial charge in [-0.3, -0.25) is 4.79 Å². The highest BCUT2D eigenvalue weighted by molar-refractivity contribution is 5.85. The summed E-state index contributed by atoms with van der Waals surface area (Å²) >= 11 is 0. The first-order valence-electron chi connectivity index (χ1n) is 6.62. The molecule has 0 spiro atoms. The summed E-state index contributed by atoms with van der Waals surface area (Å²) in [6, 6.07) is 3.33. The summed E-state index contributed by atoms with van der Waals surface area (Å²) in [6.45, 7) is 5.66. The monoisotopic (exact) mass is 320 g/mol. The van der Waals surface area contributed by atoms with Crippen LogP contribution in [0, 0.1) is 11.6 Å².